The lowest BCUT2D eigenvalue weighted by Crippen LogP contribution is -2.10. The van der Waals surface area contributed by atoms with E-state index in [0.29, 0.717) is 5.75 Å². The number of aromatic hydroxyl groups is 1. The lowest BCUT2D eigenvalue weighted by Gasteiger charge is -2.13. The molecule has 0 aliphatic rings. The average molecular weight is 396 g/mol. The molecule has 2 N–H and O–H groups in total. The van der Waals surface area contributed by atoms with Gasteiger partial charge in [-0.15, -0.1) is 0 Å². The Hall–Kier alpha value is -3.54. The summed E-state index contributed by atoms with van der Waals surface area (Å²) in [6.45, 7) is 3.52. The Balaban J connectivity index is 1.73. The summed E-state index contributed by atoms with van der Waals surface area (Å²) < 4.78 is 24.6. The van der Waals surface area contributed by atoms with Gasteiger partial charge in [-0.1, -0.05) is 18.2 Å². The van der Waals surface area contributed by atoms with E-state index in [0.717, 1.165) is 33.9 Å². The average Bonchev–Trinajstić information content (AvgIpc) is 2.65. The Bertz CT molecular complexity index is 1020. The van der Waals surface area contributed by atoms with Crippen molar-refractivity contribution in [2.24, 2.45) is 0 Å². The fourth-order valence-corrected chi connectivity index (χ4v) is 3.21. The van der Waals surface area contributed by atoms with Gasteiger partial charge >= 0.3 is 5.97 Å². The van der Waals surface area contributed by atoms with Crippen molar-refractivity contribution in [1.29, 1.82) is 0 Å². The van der Waals surface area contributed by atoms with Crippen LogP contribution in [0.1, 0.15) is 16.7 Å². The van der Waals surface area contributed by atoms with Gasteiger partial charge in [0.25, 0.3) is 0 Å². The minimum atomic E-state index is -1.18. The van der Waals surface area contributed by atoms with Crippen LogP contribution in [0, 0.1) is 19.7 Å². The van der Waals surface area contributed by atoms with Crippen LogP contribution in [0.3, 0.4) is 0 Å². The van der Waals surface area contributed by atoms with E-state index in [1.54, 1.807) is 12.1 Å². The summed E-state index contributed by atoms with van der Waals surface area (Å²) in [5, 5.41) is 18.3. The monoisotopic (exact) mass is 396 g/mol. The normalized spacial score (nSPS) is 10.6. The fourth-order valence-electron chi connectivity index (χ4n) is 3.21. The minimum absolute atomic E-state index is 0.139. The zero-order chi connectivity index (χ0) is 21.0. The molecule has 0 bridgehead atoms. The van der Waals surface area contributed by atoms with Crippen molar-refractivity contribution in [3.8, 4) is 28.4 Å². The number of hydrogen-bond donors (Lipinski definition) is 2. The number of hydrogen-bond acceptors (Lipinski definition) is 4. The summed E-state index contributed by atoms with van der Waals surface area (Å²) in [6.07, 6.45) is 0. The summed E-state index contributed by atoms with van der Waals surface area (Å²) in [6, 6.07) is 15.3. The standard InChI is InChI=1S/C23H21FO5/c1-14-8-18(25)9-15(2)23(14)17-5-3-4-16(10-17)12-28-19-6-7-21(20(24)11-19)29-13-22(26)27/h3-11,25H,12-13H2,1-2H3,(H,26,27). The van der Waals surface area contributed by atoms with E-state index < -0.39 is 18.4 Å². The second-order valence-electron chi connectivity index (χ2n) is 6.72. The molecule has 3 rings (SSSR count). The van der Waals surface area contributed by atoms with E-state index in [4.69, 9.17) is 14.6 Å². The summed E-state index contributed by atoms with van der Waals surface area (Å²) in [4.78, 5) is 10.5. The molecule has 150 valence electrons. The maximum atomic E-state index is 14.0. The number of carbonyl (C=O) groups is 1. The summed E-state index contributed by atoms with van der Waals surface area (Å²) in [7, 11) is 0. The molecule has 0 radical (unpaired) electrons. The molecule has 0 heterocycles. The first-order valence-corrected chi connectivity index (χ1v) is 9.00. The molecule has 0 atom stereocenters. The zero-order valence-corrected chi connectivity index (χ0v) is 16.1. The van der Waals surface area contributed by atoms with Crippen molar-refractivity contribution in [2.45, 2.75) is 20.5 Å². The van der Waals surface area contributed by atoms with E-state index in [2.05, 4.69) is 0 Å². The quantitative estimate of drug-likeness (QED) is 0.597. The smallest absolute Gasteiger partial charge is 0.341 e. The van der Waals surface area contributed by atoms with Crippen LogP contribution < -0.4 is 9.47 Å². The van der Waals surface area contributed by atoms with E-state index in [1.165, 1.54) is 12.1 Å². The van der Waals surface area contributed by atoms with E-state index in [-0.39, 0.29) is 18.1 Å². The molecule has 29 heavy (non-hydrogen) atoms. The number of phenols is 1. The fraction of sp³-hybridized carbons (Fsp3) is 0.174. The third-order valence-electron chi connectivity index (χ3n) is 4.39. The van der Waals surface area contributed by atoms with Gasteiger partial charge in [0.1, 0.15) is 18.1 Å². The number of ether oxygens (including phenoxy) is 2. The van der Waals surface area contributed by atoms with Crippen LogP contribution >= 0.6 is 0 Å². The van der Waals surface area contributed by atoms with Crippen LogP contribution in [0.25, 0.3) is 11.1 Å². The highest BCUT2D eigenvalue weighted by Crippen LogP contribution is 2.31. The molecular formula is C23H21FO5. The number of halogens is 1. The predicted molar refractivity (Wildman–Crippen MR) is 107 cm³/mol. The molecule has 0 spiro atoms. The predicted octanol–water partition coefficient (Wildman–Crippen LogP) is 4.86. The second kappa shape index (κ2) is 8.65. The second-order valence-corrected chi connectivity index (χ2v) is 6.72. The Morgan fingerprint density at radius 3 is 2.38 bits per heavy atom. The molecule has 3 aromatic carbocycles. The van der Waals surface area contributed by atoms with E-state index in [9.17, 15) is 14.3 Å². The maximum Gasteiger partial charge on any atom is 0.341 e. The first-order valence-electron chi connectivity index (χ1n) is 9.00. The van der Waals surface area contributed by atoms with Crippen LogP contribution in [0.15, 0.2) is 54.6 Å². The molecule has 0 amide bonds. The lowest BCUT2D eigenvalue weighted by molar-refractivity contribution is -0.139. The van der Waals surface area contributed by atoms with Gasteiger partial charge < -0.3 is 19.7 Å². The summed E-state index contributed by atoms with van der Waals surface area (Å²) >= 11 is 0. The largest absolute Gasteiger partial charge is 0.508 e. The van der Waals surface area contributed by atoms with Crippen molar-refractivity contribution in [2.75, 3.05) is 6.61 Å². The Morgan fingerprint density at radius 2 is 1.72 bits per heavy atom. The van der Waals surface area contributed by atoms with Crippen molar-refractivity contribution in [3.63, 3.8) is 0 Å². The molecule has 5 nitrogen and oxygen atoms in total. The number of rotatable bonds is 7. The maximum absolute atomic E-state index is 14.0. The van der Waals surface area contributed by atoms with Crippen LogP contribution in [0.4, 0.5) is 4.39 Å². The molecule has 0 aliphatic heterocycles. The van der Waals surface area contributed by atoms with Crippen molar-refractivity contribution < 1.29 is 28.9 Å². The molecule has 0 saturated carbocycles. The van der Waals surface area contributed by atoms with Crippen LogP contribution in [-0.4, -0.2) is 22.8 Å². The van der Waals surface area contributed by atoms with E-state index in [1.807, 2.05) is 38.1 Å². The number of aliphatic carboxylic acids is 1. The molecule has 6 heteroatoms. The number of benzene rings is 3. The summed E-state index contributed by atoms with van der Waals surface area (Å²) in [5.41, 5.74) is 4.90. The lowest BCUT2D eigenvalue weighted by atomic mass is 9.94. The van der Waals surface area contributed by atoms with Gasteiger partial charge in [0.2, 0.25) is 0 Å². The van der Waals surface area contributed by atoms with Gasteiger partial charge in [0, 0.05) is 6.07 Å². The topological polar surface area (TPSA) is 76.0 Å². The minimum Gasteiger partial charge on any atom is -0.508 e. The molecule has 0 unspecified atom stereocenters. The van der Waals surface area contributed by atoms with Gasteiger partial charge in [-0.2, -0.15) is 0 Å². The summed E-state index contributed by atoms with van der Waals surface area (Å²) in [5.74, 6) is -1.45. The molecule has 0 aliphatic carbocycles. The van der Waals surface area contributed by atoms with Crippen molar-refractivity contribution in [1.82, 2.24) is 0 Å². The van der Waals surface area contributed by atoms with Gasteiger partial charge in [0.05, 0.1) is 0 Å². The highest BCUT2D eigenvalue weighted by molar-refractivity contribution is 5.72. The first kappa shape index (κ1) is 20.2. The van der Waals surface area contributed by atoms with Crippen molar-refractivity contribution >= 4 is 5.97 Å². The van der Waals surface area contributed by atoms with Crippen LogP contribution in [0.2, 0.25) is 0 Å². The molecule has 0 aromatic heterocycles. The number of aryl methyl sites for hydroxylation is 2. The molecular weight excluding hydrogens is 375 g/mol. The Labute approximate surface area is 168 Å². The van der Waals surface area contributed by atoms with Crippen LogP contribution in [-0.2, 0) is 11.4 Å². The van der Waals surface area contributed by atoms with E-state index >= 15 is 0 Å². The van der Waals surface area contributed by atoms with Gasteiger partial charge in [0.15, 0.2) is 18.2 Å². The van der Waals surface area contributed by atoms with Gasteiger partial charge in [-0.25, -0.2) is 9.18 Å². The van der Waals surface area contributed by atoms with Crippen molar-refractivity contribution in [3.05, 3.63) is 77.1 Å². The van der Waals surface area contributed by atoms with Gasteiger partial charge in [-0.3, -0.25) is 0 Å². The first-order chi connectivity index (χ1) is 13.8. The highest BCUT2D eigenvalue weighted by Gasteiger charge is 2.10. The number of carboxylic acid groups (broad SMARTS) is 1. The van der Waals surface area contributed by atoms with Gasteiger partial charge in [-0.05, 0) is 72.0 Å². The molecule has 0 fully saturated rings. The highest BCUT2D eigenvalue weighted by atomic mass is 19.1. The number of carboxylic acids is 1. The third kappa shape index (κ3) is 5.04. The van der Waals surface area contributed by atoms with Crippen LogP contribution in [0.5, 0.6) is 17.2 Å². The number of phenolic OH excluding ortho intramolecular Hbond substituents is 1. The molecule has 3 aromatic rings. The Morgan fingerprint density at radius 1 is 1.00 bits per heavy atom. The zero-order valence-electron chi connectivity index (χ0n) is 16.1. The third-order valence-corrected chi connectivity index (χ3v) is 4.39. The SMILES string of the molecule is Cc1cc(O)cc(C)c1-c1cccc(COc2ccc(OCC(=O)O)c(F)c2)c1. The Kier molecular flexibility index (Phi) is 6.02. The molecule has 0 saturated heterocycles.